The van der Waals surface area contributed by atoms with Gasteiger partial charge in [-0.1, -0.05) is 25.5 Å². The van der Waals surface area contributed by atoms with E-state index in [1.54, 1.807) is 0 Å². The molecule has 0 saturated carbocycles. The molecular formula is C12H26N2. The molecule has 0 aliphatic heterocycles. The zero-order chi connectivity index (χ0) is 10.8. The Kier molecular flexibility index (Phi) is 9.00. The predicted octanol–water partition coefficient (Wildman–Crippen LogP) is 2.27. The summed E-state index contributed by atoms with van der Waals surface area (Å²) in [6, 6.07) is 0. The number of nitrogens with zero attached hydrogens (tertiary/aromatic N) is 1. The van der Waals surface area contributed by atoms with Crippen LogP contribution in [0.5, 0.6) is 0 Å². The zero-order valence-electron chi connectivity index (χ0n) is 10.1. The molecule has 0 spiro atoms. The number of likely N-dealkylation sites (N-methyl/N-ethyl adjacent to an activating group) is 1. The summed E-state index contributed by atoms with van der Waals surface area (Å²) in [6.07, 6.45) is 3.93. The zero-order valence-corrected chi connectivity index (χ0v) is 10.1. The second-order valence-corrected chi connectivity index (χ2v) is 3.99. The van der Waals surface area contributed by atoms with Crippen molar-refractivity contribution in [2.45, 2.75) is 33.1 Å². The first-order valence-electron chi connectivity index (χ1n) is 5.72. The molecule has 1 N–H and O–H groups in total. The molecule has 0 aliphatic rings. The predicted molar refractivity (Wildman–Crippen MR) is 64.7 cm³/mol. The average Bonchev–Trinajstić information content (AvgIpc) is 2.15. The number of nitrogens with one attached hydrogen (secondary N) is 1. The summed E-state index contributed by atoms with van der Waals surface area (Å²) in [4.78, 5) is 2.46. The van der Waals surface area contributed by atoms with E-state index in [4.69, 9.17) is 0 Å². The van der Waals surface area contributed by atoms with Gasteiger partial charge < -0.3 is 5.32 Å². The lowest BCUT2D eigenvalue weighted by Crippen LogP contribution is -2.26. The van der Waals surface area contributed by atoms with E-state index in [0.29, 0.717) is 0 Å². The quantitative estimate of drug-likeness (QED) is 0.452. The Morgan fingerprint density at radius 3 is 2.50 bits per heavy atom. The van der Waals surface area contributed by atoms with E-state index in [1.165, 1.54) is 31.4 Å². The largest absolute Gasteiger partial charge is 0.320 e. The minimum atomic E-state index is 1.06. The summed E-state index contributed by atoms with van der Waals surface area (Å²) in [6.45, 7) is 12.8. The minimum Gasteiger partial charge on any atom is -0.320 e. The lowest BCUT2D eigenvalue weighted by Gasteiger charge is -2.20. The van der Waals surface area contributed by atoms with E-state index in [-0.39, 0.29) is 0 Å². The van der Waals surface area contributed by atoms with Gasteiger partial charge in [0.15, 0.2) is 0 Å². The molecule has 0 aromatic rings. The van der Waals surface area contributed by atoms with Crippen molar-refractivity contribution in [2.24, 2.45) is 0 Å². The van der Waals surface area contributed by atoms with Crippen LogP contribution in [0.3, 0.4) is 0 Å². The second-order valence-electron chi connectivity index (χ2n) is 3.99. The topological polar surface area (TPSA) is 15.3 Å². The van der Waals surface area contributed by atoms with Gasteiger partial charge in [-0.05, 0) is 46.4 Å². The highest BCUT2D eigenvalue weighted by atomic mass is 15.1. The second kappa shape index (κ2) is 9.22. The maximum absolute atomic E-state index is 3.95. The number of hydrogen-bond donors (Lipinski definition) is 1. The normalized spacial score (nSPS) is 10.9. The number of unbranched alkanes of at least 4 members (excludes halogenated alkanes) is 2. The lowest BCUT2D eigenvalue weighted by molar-refractivity contribution is 0.304. The van der Waals surface area contributed by atoms with Crippen LogP contribution in [-0.4, -0.2) is 38.1 Å². The fraction of sp³-hybridized carbons (Fsp3) is 0.833. The first-order valence-corrected chi connectivity index (χ1v) is 5.72. The van der Waals surface area contributed by atoms with Crippen LogP contribution < -0.4 is 5.32 Å². The van der Waals surface area contributed by atoms with Crippen molar-refractivity contribution in [3.05, 3.63) is 12.2 Å². The molecule has 2 nitrogen and oxygen atoms in total. The molecule has 0 atom stereocenters. The van der Waals surface area contributed by atoms with Gasteiger partial charge in [0, 0.05) is 6.54 Å². The third-order valence-electron chi connectivity index (χ3n) is 2.34. The van der Waals surface area contributed by atoms with Crippen molar-refractivity contribution >= 4 is 0 Å². The van der Waals surface area contributed by atoms with Gasteiger partial charge in [0.05, 0.1) is 0 Å². The molecule has 0 rings (SSSR count). The maximum atomic E-state index is 3.95. The minimum absolute atomic E-state index is 1.06. The molecule has 0 aromatic heterocycles. The van der Waals surface area contributed by atoms with Crippen LogP contribution in [0.25, 0.3) is 0 Å². The van der Waals surface area contributed by atoms with Crippen LogP contribution >= 0.6 is 0 Å². The third-order valence-corrected chi connectivity index (χ3v) is 2.34. The molecule has 0 unspecified atom stereocenters. The van der Waals surface area contributed by atoms with E-state index in [9.17, 15) is 0 Å². The molecule has 0 amide bonds. The molecule has 0 saturated heterocycles. The van der Waals surface area contributed by atoms with E-state index >= 15 is 0 Å². The van der Waals surface area contributed by atoms with Gasteiger partial charge in [-0.15, -0.1) is 0 Å². The molecule has 0 aromatic carbocycles. The van der Waals surface area contributed by atoms with Gasteiger partial charge in [-0.25, -0.2) is 0 Å². The highest BCUT2D eigenvalue weighted by Crippen LogP contribution is 2.00. The van der Waals surface area contributed by atoms with Gasteiger partial charge in [-0.2, -0.15) is 0 Å². The summed E-state index contributed by atoms with van der Waals surface area (Å²) >= 11 is 0. The molecule has 0 heterocycles. The first kappa shape index (κ1) is 13.7. The van der Waals surface area contributed by atoms with Crippen molar-refractivity contribution in [3.8, 4) is 0 Å². The van der Waals surface area contributed by atoms with Gasteiger partial charge in [0.2, 0.25) is 0 Å². The van der Waals surface area contributed by atoms with Crippen molar-refractivity contribution in [1.29, 1.82) is 0 Å². The van der Waals surface area contributed by atoms with Gasteiger partial charge in [0.25, 0.3) is 0 Å². The van der Waals surface area contributed by atoms with Gasteiger partial charge >= 0.3 is 0 Å². The third kappa shape index (κ3) is 8.27. The Labute approximate surface area is 89.4 Å². The average molecular weight is 198 g/mol. The van der Waals surface area contributed by atoms with Crippen LogP contribution in [0.1, 0.15) is 33.1 Å². The fourth-order valence-corrected chi connectivity index (χ4v) is 1.54. The number of hydrogen-bond acceptors (Lipinski definition) is 2. The molecular weight excluding hydrogens is 172 g/mol. The summed E-state index contributed by atoms with van der Waals surface area (Å²) in [5.74, 6) is 0. The molecule has 0 aliphatic carbocycles. The van der Waals surface area contributed by atoms with Crippen molar-refractivity contribution < 1.29 is 0 Å². The molecule has 84 valence electrons. The summed E-state index contributed by atoms with van der Waals surface area (Å²) in [7, 11) is 2.01. The Morgan fingerprint density at radius 2 is 2.00 bits per heavy atom. The summed E-state index contributed by atoms with van der Waals surface area (Å²) in [5.41, 5.74) is 1.27. The maximum Gasteiger partial charge on any atom is 0.0187 e. The first-order chi connectivity index (χ1) is 6.70. The van der Waals surface area contributed by atoms with Gasteiger partial charge in [0.1, 0.15) is 0 Å². The molecule has 0 bridgehead atoms. The van der Waals surface area contributed by atoms with Crippen LogP contribution in [0.4, 0.5) is 0 Å². The van der Waals surface area contributed by atoms with E-state index in [0.717, 1.165) is 19.6 Å². The Morgan fingerprint density at radius 1 is 1.29 bits per heavy atom. The Bertz CT molecular complexity index is 143. The van der Waals surface area contributed by atoms with Crippen LogP contribution in [0.15, 0.2) is 12.2 Å². The SMILES string of the molecule is C=C(C)CN(CC)CCCCCNC. The summed E-state index contributed by atoms with van der Waals surface area (Å²) < 4.78 is 0. The van der Waals surface area contributed by atoms with Gasteiger partial charge in [-0.3, -0.25) is 4.90 Å². The fourth-order valence-electron chi connectivity index (χ4n) is 1.54. The van der Waals surface area contributed by atoms with Crippen LogP contribution in [-0.2, 0) is 0 Å². The smallest absolute Gasteiger partial charge is 0.0187 e. The Balaban J connectivity index is 3.38. The van der Waals surface area contributed by atoms with E-state index in [1.807, 2.05) is 7.05 Å². The van der Waals surface area contributed by atoms with Crippen molar-refractivity contribution in [3.63, 3.8) is 0 Å². The van der Waals surface area contributed by atoms with Crippen LogP contribution in [0.2, 0.25) is 0 Å². The molecule has 0 radical (unpaired) electrons. The monoisotopic (exact) mass is 198 g/mol. The lowest BCUT2D eigenvalue weighted by atomic mass is 10.2. The van der Waals surface area contributed by atoms with E-state index < -0.39 is 0 Å². The standard InChI is InChI=1S/C12H26N2/c1-5-14(11-12(2)3)10-8-6-7-9-13-4/h13H,2,5-11H2,1,3-4H3. The van der Waals surface area contributed by atoms with Crippen LogP contribution in [0, 0.1) is 0 Å². The van der Waals surface area contributed by atoms with E-state index in [2.05, 4.69) is 30.6 Å². The molecule has 14 heavy (non-hydrogen) atoms. The molecule has 0 fully saturated rings. The summed E-state index contributed by atoms with van der Waals surface area (Å²) in [5, 5.41) is 3.17. The highest BCUT2D eigenvalue weighted by Gasteiger charge is 2.01. The van der Waals surface area contributed by atoms with Crippen molar-refractivity contribution in [2.75, 3.05) is 33.2 Å². The highest BCUT2D eigenvalue weighted by molar-refractivity contribution is 4.91. The molecule has 2 heteroatoms. The van der Waals surface area contributed by atoms with Crippen molar-refractivity contribution in [1.82, 2.24) is 10.2 Å². The number of rotatable bonds is 9. The Hall–Kier alpha value is -0.340.